The Hall–Kier alpha value is -4.06. The molecule has 0 fully saturated rings. The Balaban J connectivity index is 1.57. The Kier molecular flexibility index (Phi) is 6.99. The topological polar surface area (TPSA) is 67.5 Å². The average Bonchev–Trinajstić information content (AvgIpc) is 3.45. The number of aromatic nitrogens is 2. The van der Waals surface area contributed by atoms with Crippen molar-refractivity contribution in [3.05, 3.63) is 101 Å². The van der Waals surface area contributed by atoms with Gasteiger partial charge in [-0.15, -0.1) is 0 Å². The van der Waals surface area contributed by atoms with Crippen LogP contribution in [-0.4, -0.2) is 34.7 Å². The molecule has 0 bridgehead atoms. The summed E-state index contributed by atoms with van der Waals surface area (Å²) in [4.78, 5) is 15.6. The molecule has 0 aliphatic carbocycles. The molecular weight excluding hydrogens is 462 g/mol. The van der Waals surface area contributed by atoms with Gasteiger partial charge in [0.25, 0.3) is 5.91 Å². The second-order valence-electron chi connectivity index (χ2n) is 9.99. The lowest BCUT2D eigenvalue weighted by molar-refractivity contribution is 0.0730. The summed E-state index contributed by atoms with van der Waals surface area (Å²) in [5.74, 6) is 1.85. The molecule has 0 saturated carbocycles. The van der Waals surface area contributed by atoms with Crippen LogP contribution in [0.1, 0.15) is 59.1 Å². The zero-order valence-corrected chi connectivity index (χ0v) is 21.8. The second-order valence-corrected chi connectivity index (χ2v) is 9.99. The smallest absolute Gasteiger partial charge is 0.273 e. The van der Waals surface area contributed by atoms with Gasteiger partial charge in [-0.25, -0.2) is 0 Å². The number of aryl methyl sites for hydroxylation is 1. The normalized spacial score (nSPS) is 14.8. The fourth-order valence-corrected chi connectivity index (χ4v) is 4.79. The molecule has 1 unspecified atom stereocenters. The van der Waals surface area contributed by atoms with Crippen LogP contribution in [0.25, 0.3) is 11.3 Å². The number of carbonyl (C=O) groups is 1. The van der Waals surface area contributed by atoms with Gasteiger partial charge < -0.3 is 14.4 Å². The predicted molar refractivity (Wildman–Crippen MR) is 145 cm³/mol. The molecule has 0 spiro atoms. The van der Waals surface area contributed by atoms with Crippen LogP contribution >= 0.6 is 0 Å². The molecular formula is C31H33N3O3. The third kappa shape index (κ3) is 4.96. The molecule has 1 aliphatic rings. The summed E-state index contributed by atoms with van der Waals surface area (Å²) < 4.78 is 11.8. The van der Waals surface area contributed by atoms with Crippen molar-refractivity contribution in [3.63, 3.8) is 0 Å². The average molecular weight is 496 g/mol. The number of benzene rings is 3. The molecule has 3 aromatic carbocycles. The van der Waals surface area contributed by atoms with Gasteiger partial charge in [0.1, 0.15) is 5.69 Å². The molecule has 0 radical (unpaired) electrons. The van der Waals surface area contributed by atoms with Gasteiger partial charge in [-0.2, -0.15) is 5.10 Å². The molecule has 5 rings (SSSR count). The SMILES string of the molecule is COc1cc(C2c3c(-c4ccccc4)n[nH]c3C(=O)N2Cc2ccc(C)cc2)ccc1OCCC(C)C. The predicted octanol–water partition coefficient (Wildman–Crippen LogP) is 6.56. The van der Waals surface area contributed by atoms with Crippen LogP contribution in [0.2, 0.25) is 0 Å². The number of H-pyrrole nitrogens is 1. The Bertz CT molecular complexity index is 1380. The number of nitrogens with one attached hydrogen (secondary N) is 1. The van der Waals surface area contributed by atoms with E-state index in [4.69, 9.17) is 9.47 Å². The maximum absolute atomic E-state index is 13.7. The van der Waals surface area contributed by atoms with E-state index in [9.17, 15) is 4.79 Å². The second kappa shape index (κ2) is 10.5. The summed E-state index contributed by atoms with van der Waals surface area (Å²) >= 11 is 0. The molecule has 1 amide bonds. The number of ether oxygens (including phenoxy) is 2. The summed E-state index contributed by atoms with van der Waals surface area (Å²) in [6.07, 6.45) is 0.963. The Labute approximate surface area is 218 Å². The lowest BCUT2D eigenvalue weighted by Gasteiger charge is -2.27. The maximum Gasteiger partial charge on any atom is 0.273 e. The van der Waals surface area contributed by atoms with Crippen molar-refractivity contribution in [2.45, 2.75) is 39.8 Å². The number of hydrogen-bond donors (Lipinski definition) is 1. The summed E-state index contributed by atoms with van der Waals surface area (Å²) in [5.41, 5.74) is 6.39. The molecule has 6 heteroatoms. The van der Waals surface area contributed by atoms with Crippen molar-refractivity contribution in [2.24, 2.45) is 5.92 Å². The minimum Gasteiger partial charge on any atom is -0.493 e. The Morgan fingerprint density at radius 3 is 2.46 bits per heavy atom. The minimum atomic E-state index is -0.323. The van der Waals surface area contributed by atoms with Gasteiger partial charge in [0.05, 0.1) is 25.5 Å². The number of hydrogen-bond acceptors (Lipinski definition) is 4. The summed E-state index contributed by atoms with van der Waals surface area (Å²) in [6, 6.07) is 23.9. The van der Waals surface area contributed by atoms with E-state index < -0.39 is 0 Å². The molecule has 190 valence electrons. The number of nitrogens with zero attached hydrogens (tertiary/aromatic N) is 2. The first kappa shape index (κ1) is 24.6. The fraction of sp³-hybridized carbons (Fsp3) is 0.290. The van der Waals surface area contributed by atoms with E-state index in [0.29, 0.717) is 36.3 Å². The third-order valence-corrected chi connectivity index (χ3v) is 6.84. The van der Waals surface area contributed by atoms with E-state index in [1.165, 1.54) is 5.56 Å². The molecule has 1 N–H and O–H groups in total. The van der Waals surface area contributed by atoms with Crippen LogP contribution in [0.15, 0.2) is 72.8 Å². The first-order chi connectivity index (χ1) is 18.0. The minimum absolute atomic E-state index is 0.0634. The van der Waals surface area contributed by atoms with Gasteiger partial charge in [-0.05, 0) is 42.5 Å². The third-order valence-electron chi connectivity index (χ3n) is 6.84. The van der Waals surface area contributed by atoms with Crippen molar-refractivity contribution >= 4 is 5.91 Å². The lowest BCUT2D eigenvalue weighted by atomic mass is 9.95. The van der Waals surface area contributed by atoms with Gasteiger partial charge >= 0.3 is 0 Å². The Morgan fingerprint density at radius 2 is 1.76 bits per heavy atom. The van der Waals surface area contributed by atoms with Crippen molar-refractivity contribution in [3.8, 4) is 22.8 Å². The lowest BCUT2D eigenvalue weighted by Crippen LogP contribution is -2.29. The van der Waals surface area contributed by atoms with Gasteiger partial charge in [-0.3, -0.25) is 9.89 Å². The largest absolute Gasteiger partial charge is 0.493 e. The van der Waals surface area contributed by atoms with Crippen molar-refractivity contribution in [1.29, 1.82) is 0 Å². The number of amides is 1. The van der Waals surface area contributed by atoms with Gasteiger partial charge in [-0.1, -0.05) is 80.1 Å². The molecule has 4 aromatic rings. The highest BCUT2D eigenvalue weighted by atomic mass is 16.5. The van der Waals surface area contributed by atoms with E-state index in [0.717, 1.165) is 34.4 Å². The monoisotopic (exact) mass is 495 g/mol. The van der Waals surface area contributed by atoms with E-state index in [1.54, 1.807) is 7.11 Å². The molecule has 2 heterocycles. The zero-order valence-electron chi connectivity index (χ0n) is 21.8. The standard InChI is InChI=1S/C31H33N3O3/c1-20(2)16-17-37-25-15-14-24(18-26(25)36-4)30-27-28(23-8-6-5-7-9-23)32-33-29(27)31(35)34(30)19-22-12-10-21(3)11-13-22/h5-15,18,20,30H,16-17,19H2,1-4H3,(H,32,33). The van der Waals surface area contributed by atoms with Crippen LogP contribution in [0.5, 0.6) is 11.5 Å². The number of methoxy groups -OCH3 is 1. The molecule has 37 heavy (non-hydrogen) atoms. The van der Waals surface area contributed by atoms with Crippen LogP contribution < -0.4 is 9.47 Å². The van der Waals surface area contributed by atoms with Crippen molar-refractivity contribution in [1.82, 2.24) is 15.1 Å². The molecule has 1 aromatic heterocycles. The molecule has 0 saturated heterocycles. The van der Waals surface area contributed by atoms with Gasteiger partial charge in [0, 0.05) is 17.7 Å². The van der Waals surface area contributed by atoms with E-state index in [-0.39, 0.29) is 11.9 Å². The molecule has 6 nitrogen and oxygen atoms in total. The van der Waals surface area contributed by atoms with E-state index in [2.05, 4.69) is 55.2 Å². The van der Waals surface area contributed by atoms with Crippen molar-refractivity contribution < 1.29 is 14.3 Å². The summed E-state index contributed by atoms with van der Waals surface area (Å²) in [5, 5.41) is 7.62. The van der Waals surface area contributed by atoms with Crippen LogP contribution in [0.4, 0.5) is 0 Å². The molecule has 1 aliphatic heterocycles. The maximum atomic E-state index is 13.7. The first-order valence-electron chi connectivity index (χ1n) is 12.8. The zero-order chi connectivity index (χ0) is 25.9. The van der Waals surface area contributed by atoms with Crippen molar-refractivity contribution in [2.75, 3.05) is 13.7 Å². The summed E-state index contributed by atoms with van der Waals surface area (Å²) in [7, 11) is 1.65. The van der Waals surface area contributed by atoms with Gasteiger partial charge in [0.15, 0.2) is 11.5 Å². The molecule has 1 atom stereocenters. The highest BCUT2D eigenvalue weighted by molar-refractivity contribution is 6.00. The Morgan fingerprint density at radius 1 is 1.00 bits per heavy atom. The number of aromatic amines is 1. The highest BCUT2D eigenvalue weighted by Crippen LogP contribution is 2.45. The van der Waals surface area contributed by atoms with E-state index >= 15 is 0 Å². The van der Waals surface area contributed by atoms with Crippen LogP contribution in [-0.2, 0) is 6.54 Å². The van der Waals surface area contributed by atoms with E-state index in [1.807, 2.05) is 53.4 Å². The quantitative estimate of drug-likeness (QED) is 0.285. The van der Waals surface area contributed by atoms with Gasteiger partial charge in [0.2, 0.25) is 0 Å². The first-order valence-corrected chi connectivity index (χ1v) is 12.8. The number of rotatable bonds is 9. The summed E-state index contributed by atoms with van der Waals surface area (Å²) in [6.45, 7) is 7.52. The fourth-order valence-electron chi connectivity index (χ4n) is 4.79. The number of fused-ring (bicyclic) bond motifs is 1. The number of carbonyl (C=O) groups excluding carboxylic acids is 1. The van der Waals surface area contributed by atoms with Crippen LogP contribution in [0.3, 0.4) is 0 Å². The van der Waals surface area contributed by atoms with Crippen LogP contribution in [0, 0.1) is 12.8 Å². The highest BCUT2D eigenvalue weighted by Gasteiger charge is 2.42.